The summed E-state index contributed by atoms with van der Waals surface area (Å²) in [5, 5.41) is 7.46. The van der Waals surface area contributed by atoms with Gasteiger partial charge in [0.05, 0.1) is 25.5 Å². The zero-order valence-electron chi connectivity index (χ0n) is 19.9. The van der Waals surface area contributed by atoms with E-state index in [0.29, 0.717) is 46.5 Å². The van der Waals surface area contributed by atoms with Crippen LogP contribution < -0.4 is 19.5 Å². The summed E-state index contributed by atoms with van der Waals surface area (Å²) in [6.07, 6.45) is 4.15. The van der Waals surface area contributed by atoms with Crippen LogP contribution in [0.2, 0.25) is 0 Å². The topological polar surface area (TPSA) is 87.5 Å². The van der Waals surface area contributed by atoms with E-state index < -0.39 is 11.9 Å². The summed E-state index contributed by atoms with van der Waals surface area (Å²) in [4.78, 5) is 17.2. The SMILES string of the molecule is CCn1nccc1CNC(=O)c1cnc(Oc2ccc3c(c2)CCC(c2cccc(OC)c2F)O3)s1. The van der Waals surface area contributed by atoms with Crippen molar-refractivity contribution in [3.8, 4) is 22.4 Å². The van der Waals surface area contributed by atoms with Gasteiger partial charge in [-0.25, -0.2) is 9.37 Å². The summed E-state index contributed by atoms with van der Waals surface area (Å²) >= 11 is 1.17. The number of carbonyl (C=O) groups is 1. The number of halogens is 1. The Labute approximate surface area is 211 Å². The number of fused-ring (bicyclic) bond motifs is 1. The molecule has 0 saturated heterocycles. The number of carbonyl (C=O) groups excluding carboxylic acids is 1. The number of hydrogen-bond donors (Lipinski definition) is 1. The number of methoxy groups -OCH3 is 1. The molecule has 5 rings (SSSR count). The smallest absolute Gasteiger partial charge is 0.279 e. The van der Waals surface area contributed by atoms with E-state index in [4.69, 9.17) is 14.2 Å². The fraction of sp³-hybridized carbons (Fsp3) is 0.269. The Morgan fingerprint density at radius 3 is 3.03 bits per heavy atom. The van der Waals surface area contributed by atoms with Crippen molar-refractivity contribution >= 4 is 17.2 Å². The van der Waals surface area contributed by atoms with Gasteiger partial charge in [-0.15, -0.1) is 0 Å². The van der Waals surface area contributed by atoms with Crippen LogP contribution in [0.1, 0.15) is 45.9 Å². The number of thiazole rings is 1. The van der Waals surface area contributed by atoms with Crippen LogP contribution in [0.15, 0.2) is 54.9 Å². The highest BCUT2D eigenvalue weighted by molar-refractivity contribution is 7.15. The van der Waals surface area contributed by atoms with Gasteiger partial charge in [-0.05, 0) is 55.7 Å². The van der Waals surface area contributed by atoms with E-state index in [1.54, 1.807) is 30.5 Å². The molecule has 2 aromatic carbocycles. The van der Waals surface area contributed by atoms with E-state index in [1.165, 1.54) is 24.6 Å². The maximum absolute atomic E-state index is 14.7. The second-order valence-electron chi connectivity index (χ2n) is 8.19. The number of benzene rings is 2. The van der Waals surface area contributed by atoms with Crippen molar-refractivity contribution in [3.63, 3.8) is 0 Å². The third-order valence-electron chi connectivity index (χ3n) is 5.98. The molecule has 0 radical (unpaired) electrons. The Morgan fingerprint density at radius 1 is 1.31 bits per heavy atom. The molecular weight excluding hydrogens is 483 g/mol. The number of nitrogens with zero attached hydrogens (tertiary/aromatic N) is 3. The monoisotopic (exact) mass is 508 g/mol. The summed E-state index contributed by atoms with van der Waals surface area (Å²) in [5.74, 6) is 0.867. The molecule has 1 aliphatic rings. The minimum atomic E-state index is -0.395. The van der Waals surface area contributed by atoms with Crippen molar-refractivity contribution in [1.29, 1.82) is 0 Å². The van der Waals surface area contributed by atoms with Crippen LogP contribution in [0.5, 0.6) is 22.4 Å². The van der Waals surface area contributed by atoms with E-state index >= 15 is 0 Å². The average molecular weight is 509 g/mol. The molecule has 0 saturated carbocycles. The molecule has 4 aromatic rings. The first kappa shape index (κ1) is 23.8. The fourth-order valence-electron chi connectivity index (χ4n) is 4.15. The Kier molecular flexibility index (Phi) is 6.86. The second kappa shape index (κ2) is 10.4. The van der Waals surface area contributed by atoms with Gasteiger partial charge >= 0.3 is 0 Å². The number of hydrogen-bond acceptors (Lipinski definition) is 7. The normalized spacial score (nSPS) is 14.6. The third kappa shape index (κ3) is 4.90. The second-order valence-corrected chi connectivity index (χ2v) is 9.18. The highest BCUT2D eigenvalue weighted by atomic mass is 32.1. The largest absolute Gasteiger partial charge is 0.494 e. The molecule has 186 valence electrons. The van der Waals surface area contributed by atoms with Gasteiger partial charge in [0.1, 0.15) is 22.5 Å². The number of nitrogens with one attached hydrogen (secondary N) is 1. The standard InChI is InChI=1S/C26H25FN4O4S/c1-3-31-17(11-12-30-31)14-28-25(32)23-15-29-26(36-23)34-18-8-10-20-16(13-18)7-9-21(35-20)19-5-4-6-22(33-2)24(19)27/h4-6,8,10-13,15,21H,3,7,9,14H2,1-2H3,(H,28,32). The molecule has 0 fully saturated rings. The van der Waals surface area contributed by atoms with E-state index in [1.807, 2.05) is 29.8 Å². The lowest BCUT2D eigenvalue weighted by Crippen LogP contribution is -2.23. The zero-order chi connectivity index (χ0) is 25.1. The van der Waals surface area contributed by atoms with Gasteiger partial charge in [0.2, 0.25) is 0 Å². The highest BCUT2D eigenvalue weighted by Gasteiger charge is 2.26. The minimum Gasteiger partial charge on any atom is -0.494 e. The molecule has 0 bridgehead atoms. The van der Waals surface area contributed by atoms with Gasteiger partial charge in [-0.1, -0.05) is 23.5 Å². The van der Waals surface area contributed by atoms with Gasteiger partial charge in [-0.2, -0.15) is 5.10 Å². The van der Waals surface area contributed by atoms with E-state index in [0.717, 1.165) is 17.8 Å². The molecule has 36 heavy (non-hydrogen) atoms. The average Bonchev–Trinajstić information content (AvgIpc) is 3.56. The molecule has 0 spiro atoms. The number of ether oxygens (including phenoxy) is 3. The van der Waals surface area contributed by atoms with Crippen molar-refractivity contribution < 1.29 is 23.4 Å². The number of aromatic nitrogens is 3. The summed E-state index contributed by atoms with van der Waals surface area (Å²) < 4.78 is 33.6. The zero-order valence-corrected chi connectivity index (χ0v) is 20.7. The molecule has 8 nitrogen and oxygen atoms in total. The van der Waals surface area contributed by atoms with Crippen molar-refractivity contribution in [3.05, 3.63) is 82.4 Å². The quantitative estimate of drug-likeness (QED) is 0.348. The van der Waals surface area contributed by atoms with Crippen molar-refractivity contribution in [1.82, 2.24) is 20.1 Å². The lowest BCUT2D eigenvalue weighted by atomic mass is 9.97. The van der Waals surface area contributed by atoms with Gasteiger partial charge in [-0.3, -0.25) is 9.48 Å². The third-order valence-corrected chi connectivity index (χ3v) is 6.86. The summed E-state index contributed by atoms with van der Waals surface area (Å²) in [6, 6.07) is 12.4. The highest BCUT2D eigenvalue weighted by Crippen LogP contribution is 2.39. The Hall–Kier alpha value is -3.92. The molecule has 1 atom stereocenters. The first-order valence-corrected chi connectivity index (χ1v) is 12.4. The van der Waals surface area contributed by atoms with Crippen LogP contribution in [-0.4, -0.2) is 27.8 Å². The van der Waals surface area contributed by atoms with Crippen LogP contribution in [0.25, 0.3) is 0 Å². The molecule has 1 amide bonds. The van der Waals surface area contributed by atoms with E-state index in [-0.39, 0.29) is 11.7 Å². The van der Waals surface area contributed by atoms with E-state index in [2.05, 4.69) is 15.4 Å². The summed E-state index contributed by atoms with van der Waals surface area (Å²) in [5.41, 5.74) is 2.38. The molecule has 1 unspecified atom stereocenters. The molecule has 1 aliphatic heterocycles. The van der Waals surface area contributed by atoms with Crippen molar-refractivity contribution in [2.45, 2.75) is 39.0 Å². The number of rotatable bonds is 8. The minimum absolute atomic E-state index is 0.203. The van der Waals surface area contributed by atoms with Gasteiger partial charge < -0.3 is 19.5 Å². The maximum atomic E-state index is 14.7. The first-order valence-electron chi connectivity index (χ1n) is 11.6. The van der Waals surface area contributed by atoms with Crippen LogP contribution in [-0.2, 0) is 19.5 Å². The Balaban J connectivity index is 1.22. The Morgan fingerprint density at radius 2 is 2.19 bits per heavy atom. The van der Waals surface area contributed by atoms with Crippen molar-refractivity contribution in [2.75, 3.05) is 7.11 Å². The predicted octanol–water partition coefficient (Wildman–Crippen LogP) is 5.30. The van der Waals surface area contributed by atoms with Gasteiger partial charge in [0, 0.05) is 18.3 Å². The Bertz CT molecular complexity index is 1390. The number of aryl methyl sites for hydroxylation is 2. The number of amides is 1. The van der Waals surface area contributed by atoms with Gasteiger partial charge in [0.25, 0.3) is 11.1 Å². The van der Waals surface area contributed by atoms with Gasteiger partial charge in [0.15, 0.2) is 11.6 Å². The molecule has 2 aromatic heterocycles. The van der Waals surface area contributed by atoms with Crippen LogP contribution in [0, 0.1) is 5.82 Å². The lowest BCUT2D eigenvalue weighted by Gasteiger charge is -2.27. The predicted molar refractivity (Wildman–Crippen MR) is 132 cm³/mol. The van der Waals surface area contributed by atoms with Crippen LogP contribution in [0.3, 0.4) is 0 Å². The fourth-order valence-corrected chi connectivity index (χ4v) is 4.85. The van der Waals surface area contributed by atoms with Crippen LogP contribution in [0.4, 0.5) is 4.39 Å². The van der Waals surface area contributed by atoms with Crippen LogP contribution >= 0.6 is 11.3 Å². The molecule has 3 heterocycles. The summed E-state index contributed by atoms with van der Waals surface area (Å²) in [6.45, 7) is 3.12. The molecule has 0 aliphatic carbocycles. The molecular formula is C26H25FN4O4S. The van der Waals surface area contributed by atoms with Crippen molar-refractivity contribution in [2.24, 2.45) is 0 Å². The maximum Gasteiger partial charge on any atom is 0.279 e. The first-order chi connectivity index (χ1) is 17.6. The molecule has 10 heteroatoms. The van der Waals surface area contributed by atoms with E-state index in [9.17, 15) is 9.18 Å². The summed E-state index contributed by atoms with van der Waals surface area (Å²) in [7, 11) is 1.45. The lowest BCUT2D eigenvalue weighted by molar-refractivity contribution is 0.0953. The molecule has 1 N–H and O–H groups in total.